The second-order valence-corrected chi connectivity index (χ2v) is 7.55. The molecule has 5 rings (SSSR count). The topological polar surface area (TPSA) is 59.8 Å². The molecule has 0 saturated carbocycles. The van der Waals surface area contributed by atoms with E-state index in [1.165, 1.54) is 5.56 Å². The lowest BCUT2D eigenvalue weighted by Gasteiger charge is -2.23. The highest BCUT2D eigenvalue weighted by Crippen LogP contribution is 2.39. The smallest absolute Gasteiger partial charge is 0.226 e. The molecule has 5 nitrogen and oxygen atoms in total. The number of para-hydroxylation sites is 1. The zero-order valence-electron chi connectivity index (χ0n) is 14.1. The molecule has 0 unspecified atom stereocenters. The summed E-state index contributed by atoms with van der Waals surface area (Å²) in [6.45, 7) is 2.06. The first-order valence-electron chi connectivity index (χ1n) is 8.49. The SMILES string of the molecule is Cc1ccc([C@@H]2CC(=O)Nc3c2cnn3-c2nc3ccccc3s2)cc1. The molecule has 1 atom stereocenters. The van der Waals surface area contributed by atoms with Gasteiger partial charge in [0.05, 0.1) is 16.4 Å². The predicted molar refractivity (Wildman–Crippen MR) is 103 cm³/mol. The van der Waals surface area contributed by atoms with Crippen LogP contribution in [0.15, 0.2) is 54.7 Å². The Morgan fingerprint density at radius 1 is 1.15 bits per heavy atom. The number of benzene rings is 2. The van der Waals surface area contributed by atoms with Crippen molar-refractivity contribution < 1.29 is 4.79 Å². The molecule has 0 fully saturated rings. The van der Waals surface area contributed by atoms with E-state index < -0.39 is 0 Å². The average Bonchev–Trinajstić information content (AvgIpc) is 3.25. The van der Waals surface area contributed by atoms with Crippen LogP contribution in [0.5, 0.6) is 0 Å². The van der Waals surface area contributed by atoms with Gasteiger partial charge in [0.15, 0.2) is 0 Å². The van der Waals surface area contributed by atoms with Crippen molar-refractivity contribution in [2.24, 2.45) is 0 Å². The molecule has 1 N–H and O–H groups in total. The van der Waals surface area contributed by atoms with E-state index in [2.05, 4.69) is 46.6 Å². The van der Waals surface area contributed by atoms with Crippen LogP contribution in [0.3, 0.4) is 0 Å². The number of aromatic nitrogens is 3. The highest BCUT2D eigenvalue weighted by molar-refractivity contribution is 7.20. The van der Waals surface area contributed by atoms with E-state index in [0.717, 1.165) is 32.3 Å². The molecule has 0 aliphatic carbocycles. The van der Waals surface area contributed by atoms with Crippen LogP contribution in [0.4, 0.5) is 5.82 Å². The van der Waals surface area contributed by atoms with Crippen LogP contribution >= 0.6 is 11.3 Å². The Hall–Kier alpha value is -2.99. The summed E-state index contributed by atoms with van der Waals surface area (Å²) >= 11 is 1.57. The van der Waals surface area contributed by atoms with Crippen LogP contribution in [0.25, 0.3) is 15.3 Å². The van der Waals surface area contributed by atoms with E-state index >= 15 is 0 Å². The summed E-state index contributed by atoms with van der Waals surface area (Å²) in [4.78, 5) is 17.0. The molecule has 4 aromatic rings. The molecule has 2 aromatic heterocycles. The van der Waals surface area contributed by atoms with E-state index in [4.69, 9.17) is 0 Å². The van der Waals surface area contributed by atoms with Crippen molar-refractivity contribution in [2.45, 2.75) is 19.3 Å². The molecule has 1 aliphatic rings. The highest BCUT2D eigenvalue weighted by atomic mass is 32.1. The van der Waals surface area contributed by atoms with Crippen LogP contribution in [0.1, 0.15) is 29.0 Å². The quantitative estimate of drug-likeness (QED) is 0.581. The van der Waals surface area contributed by atoms with Crippen LogP contribution < -0.4 is 5.32 Å². The summed E-state index contributed by atoms with van der Waals surface area (Å²) in [5, 5.41) is 8.29. The number of fused-ring (bicyclic) bond motifs is 2. The number of anilines is 1. The molecule has 26 heavy (non-hydrogen) atoms. The van der Waals surface area contributed by atoms with Gasteiger partial charge in [-0.15, -0.1) is 0 Å². The highest BCUT2D eigenvalue weighted by Gasteiger charge is 2.30. The fourth-order valence-electron chi connectivity index (χ4n) is 3.41. The number of amides is 1. The van der Waals surface area contributed by atoms with E-state index in [9.17, 15) is 4.79 Å². The average molecular weight is 360 g/mol. The molecule has 0 spiro atoms. The molecule has 128 valence electrons. The van der Waals surface area contributed by atoms with Gasteiger partial charge < -0.3 is 5.32 Å². The zero-order valence-corrected chi connectivity index (χ0v) is 15.0. The van der Waals surface area contributed by atoms with Gasteiger partial charge in [-0.1, -0.05) is 53.3 Å². The molecule has 0 saturated heterocycles. The Morgan fingerprint density at radius 3 is 2.77 bits per heavy atom. The largest absolute Gasteiger partial charge is 0.310 e. The Kier molecular flexibility index (Phi) is 3.39. The standard InChI is InChI=1S/C20H16N4OS/c1-12-6-8-13(9-7-12)14-10-18(25)23-19-15(14)11-21-24(19)20-22-16-4-2-3-5-17(16)26-20/h2-9,11,14H,10H2,1H3,(H,23,25)/t14-/m0/s1. The predicted octanol–water partition coefficient (Wildman–Crippen LogP) is 4.26. The van der Waals surface area contributed by atoms with Gasteiger partial charge >= 0.3 is 0 Å². The Bertz CT molecular complexity index is 1090. The summed E-state index contributed by atoms with van der Waals surface area (Å²) in [7, 11) is 0. The maximum atomic E-state index is 12.4. The molecule has 0 radical (unpaired) electrons. The van der Waals surface area contributed by atoms with Crippen molar-refractivity contribution in [3.8, 4) is 5.13 Å². The van der Waals surface area contributed by atoms with Gasteiger partial charge in [-0.05, 0) is 24.6 Å². The Balaban J connectivity index is 1.63. The molecule has 2 aromatic carbocycles. The first kappa shape index (κ1) is 15.3. The normalized spacial score (nSPS) is 16.5. The third-order valence-corrected chi connectivity index (χ3v) is 5.78. The van der Waals surface area contributed by atoms with Crippen molar-refractivity contribution in [3.05, 3.63) is 71.4 Å². The van der Waals surface area contributed by atoms with Crippen molar-refractivity contribution in [3.63, 3.8) is 0 Å². The number of aryl methyl sites for hydroxylation is 1. The number of nitrogens with one attached hydrogen (secondary N) is 1. The number of hydrogen-bond donors (Lipinski definition) is 1. The lowest BCUT2D eigenvalue weighted by molar-refractivity contribution is -0.116. The van der Waals surface area contributed by atoms with Crippen molar-refractivity contribution in [1.82, 2.24) is 14.8 Å². The summed E-state index contributed by atoms with van der Waals surface area (Å²) in [5.74, 6) is 0.749. The molecular weight excluding hydrogens is 344 g/mol. The summed E-state index contributed by atoms with van der Waals surface area (Å²) in [6.07, 6.45) is 2.28. The third kappa shape index (κ3) is 2.42. The second-order valence-electron chi connectivity index (χ2n) is 6.54. The maximum absolute atomic E-state index is 12.4. The van der Waals surface area contributed by atoms with Crippen molar-refractivity contribution in [1.29, 1.82) is 0 Å². The number of thiazole rings is 1. The Morgan fingerprint density at radius 2 is 1.96 bits per heavy atom. The molecule has 1 amide bonds. The number of hydrogen-bond acceptors (Lipinski definition) is 4. The van der Waals surface area contributed by atoms with Crippen molar-refractivity contribution >= 4 is 33.3 Å². The lowest BCUT2D eigenvalue weighted by Crippen LogP contribution is -2.24. The van der Waals surface area contributed by atoms with Gasteiger partial charge in [0, 0.05) is 17.9 Å². The minimum Gasteiger partial charge on any atom is -0.310 e. The minimum atomic E-state index is 0.00550. The van der Waals surface area contributed by atoms with E-state index in [1.54, 1.807) is 16.0 Å². The van der Waals surface area contributed by atoms with E-state index in [0.29, 0.717) is 6.42 Å². The summed E-state index contributed by atoms with van der Waals surface area (Å²) < 4.78 is 2.85. The van der Waals surface area contributed by atoms with Gasteiger partial charge in [0.25, 0.3) is 0 Å². The van der Waals surface area contributed by atoms with Gasteiger partial charge in [-0.3, -0.25) is 4.79 Å². The van der Waals surface area contributed by atoms with Gasteiger partial charge in [-0.25, -0.2) is 4.98 Å². The molecule has 6 heteroatoms. The first-order valence-corrected chi connectivity index (χ1v) is 9.31. The maximum Gasteiger partial charge on any atom is 0.226 e. The first-order chi connectivity index (χ1) is 12.7. The van der Waals surface area contributed by atoms with E-state index in [-0.39, 0.29) is 11.8 Å². The Labute approximate surface area is 154 Å². The number of carbonyl (C=O) groups excluding carboxylic acids is 1. The monoisotopic (exact) mass is 360 g/mol. The van der Waals surface area contributed by atoms with Crippen LogP contribution in [0, 0.1) is 6.92 Å². The minimum absolute atomic E-state index is 0.00550. The zero-order chi connectivity index (χ0) is 17.7. The van der Waals surface area contributed by atoms with Gasteiger partial charge in [0.2, 0.25) is 11.0 Å². The third-order valence-electron chi connectivity index (χ3n) is 4.76. The number of carbonyl (C=O) groups is 1. The van der Waals surface area contributed by atoms with Crippen molar-refractivity contribution in [2.75, 3.05) is 5.32 Å². The van der Waals surface area contributed by atoms with E-state index in [1.807, 2.05) is 30.5 Å². The lowest BCUT2D eigenvalue weighted by atomic mass is 9.87. The van der Waals surface area contributed by atoms with Crippen LogP contribution in [0.2, 0.25) is 0 Å². The fourth-order valence-corrected chi connectivity index (χ4v) is 4.34. The van der Waals surface area contributed by atoms with Crippen LogP contribution in [-0.2, 0) is 4.79 Å². The number of rotatable bonds is 2. The van der Waals surface area contributed by atoms with Gasteiger partial charge in [-0.2, -0.15) is 9.78 Å². The molecule has 1 aliphatic heterocycles. The molecule has 3 heterocycles. The second kappa shape index (κ2) is 5.78. The van der Waals surface area contributed by atoms with Gasteiger partial charge in [0.1, 0.15) is 5.82 Å². The summed E-state index contributed by atoms with van der Waals surface area (Å²) in [6, 6.07) is 16.4. The molecule has 0 bridgehead atoms. The summed E-state index contributed by atoms with van der Waals surface area (Å²) in [5.41, 5.74) is 4.32. The molecular formula is C20H16N4OS. The number of nitrogens with zero attached hydrogens (tertiary/aromatic N) is 3. The fraction of sp³-hybridized carbons (Fsp3) is 0.150. The van der Waals surface area contributed by atoms with Crippen LogP contribution in [-0.4, -0.2) is 20.7 Å².